The molecular formula is C14H21BrN2O. The predicted octanol–water partition coefficient (Wildman–Crippen LogP) is 3.47. The van der Waals surface area contributed by atoms with Gasteiger partial charge < -0.3 is 10.6 Å². The minimum Gasteiger partial charge on any atom is -0.375 e. The van der Waals surface area contributed by atoms with Crippen LogP contribution in [0.5, 0.6) is 0 Å². The van der Waals surface area contributed by atoms with Crippen molar-refractivity contribution < 1.29 is 4.79 Å². The molecule has 3 nitrogen and oxygen atoms in total. The number of carbonyl (C=O) groups excluding carboxylic acids is 1. The van der Waals surface area contributed by atoms with Crippen LogP contribution in [0.4, 0.5) is 5.69 Å². The van der Waals surface area contributed by atoms with Gasteiger partial charge in [0, 0.05) is 16.2 Å². The van der Waals surface area contributed by atoms with Crippen LogP contribution in [0.1, 0.15) is 32.3 Å². The number of anilines is 1. The van der Waals surface area contributed by atoms with Crippen molar-refractivity contribution in [3.8, 4) is 0 Å². The van der Waals surface area contributed by atoms with Crippen LogP contribution in [0, 0.1) is 6.92 Å². The van der Waals surface area contributed by atoms with Crippen LogP contribution < -0.4 is 10.6 Å². The molecule has 2 N–H and O–H groups in total. The zero-order chi connectivity index (χ0) is 13.5. The lowest BCUT2D eigenvalue weighted by Gasteiger charge is -2.14. The summed E-state index contributed by atoms with van der Waals surface area (Å²) in [6.45, 7) is 6.48. The minimum atomic E-state index is 0.0318. The maximum atomic E-state index is 11.7. The largest absolute Gasteiger partial charge is 0.375 e. The summed E-state index contributed by atoms with van der Waals surface area (Å²) in [5.41, 5.74) is 2.10. The first kappa shape index (κ1) is 15.0. The van der Waals surface area contributed by atoms with Gasteiger partial charge in [0.25, 0.3) is 0 Å². The van der Waals surface area contributed by atoms with Gasteiger partial charge in [0.1, 0.15) is 0 Å². The van der Waals surface area contributed by atoms with E-state index in [4.69, 9.17) is 0 Å². The number of hydrogen-bond acceptors (Lipinski definition) is 2. The van der Waals surface area contributed by atoms with Crippen molar-refractivity contribution in [3.63, 3.8) is 0 Å². The first-order valence-electron chi connectivity index (χ1n) is 6.33. The smallest absolute Gasteiger partial charge is 0.239 e. The Morgan fingerprint density at radius 3 is 2.83 bits per heavy atom. The first-order chi connectivity index (χ1) is 8.54. The van der Waals surface area contributed by atoms with Gasteiger partial charge in [-0.1, -0.05) is 25.5 Å². The Kier molecular flexibility index (Phi) is 6.19. The van der Waals surface area contributed by atoms with E-state index in [1.807, 2.05) is 32.0 Å². The van der Waals surface area contributed by atoms with Crippen molar-refractivity contribution in [1.82, 2.24) is 5.32 Å². The molecule has 0 saturated carbocycles. The first-order valence-corrected chi connectivity index (χ1v) is 7.12. The highest BCUT2D eigenvalue weighted by molar-refractivity contribution is 9.10. The normalized spacial score (nSPS) is 12.0. The molecule has 0 aliphatic heterocycles. The van der Waals surface area contributed by atoms with Gasteiger partial charge in [0.2, 0.25) is 5.91 Å². The molecule has 0 radical (unpaired) electrons. The lowest BCUT2D eigenvalue weighted by molar-refractivity contribution is -0.120. The van der Waals surface area contributed by atoms with Gasteiger partial charge in [-0.25, -0.2) is 0 Å². The zero-order valence-electron chi connectivity index (χ0n) is 11.2. The van der Waals surface area contributed by atoms with Gasteiger partial charge in [0.15, 0.2) is 0 Å². The molecule has 0 spiro atoms. The molecular weight excluding hydrogens is 292 g/mol. The summed E-state index contributed by atoms with van der Waals surface area (Å²) in [4.78, 5) is 11.7. The van der Waals surface area contributed by atoms with Gasteiger partial charge >= 0.3 is 0 Å². The van der Waals surface area contributed by atoms with Crippen molar-refractivity contribution in [2.24, 2.45) is 0 Å². The SMILES string of the molecule is CCCC(C)NC(=O)CNc1cccc(C)c1Br. The highest BCUT2D eigenvalue weighted by atomic mass is 79.9. The fourth-order valence-corrected chi connectivity index (χ4v) is 2.20. The number of benzene rings is 1. The van der Waals surface area contributed by atoms with Gasteiger partial charge in [-0.15, -0.1) is 0 Å². The predicted molar refractivity (Wildman–Crippen MR) is 79.9 cm³/mol. The Morgan fingerprint density at radius 2 is 2.17 bits per heavy atom. The molecule has 18 heavy (non-hydrogen) atoms. The molecule has 1 unspecified atom stereocenters. The fraction of sp³-hybridized carbons (Fsp3) is 0.500. The zero-order valence-corrected chi connectivity index (χ0v) is 12.8. The fourth-order valence-electron chi connectivity index (χ4n) is 1.79. The van der Waals surface area contributed by atoms with E-state index < -0.39 is 0 Å². The number of carbonyl (C=O) groups is 1. The number of amides is 1. The average molecular weight is 313 g/mol. The number of halogens is 1. The quantitative estimate of drug-likeness (QED) is 0.844. The molecule has 1 aromatic rings. The van der Waals surface area contributed by atoms with E-state index in [0.29, 0.717) is 6.54 Å². The lowest BCUT2D eigenvalue weighted by Crippen LogP contribution is -2.36. The summed E-state index contributed by atoms with van der Waals surface area (Å²) in [7, 11) is 0. The van der Waals surface area contributed by atoms with Gasteiger partial charge in [-0.3, -0.25) is 4.79 Å². The molecule has 1 amide bonds. The topological polar surface area (TPSA) is 41.1 Å². The van der Waals surface area contributed by atoms with E-state index in [9.17, 15) is 4.79 Å². The molecule has 1 aromatic carbocycles. The van der Waals surface area contributed by atoms with Crippen molar-refractivity contribution >= 4 is 27.5 Å². The number of hydrogen-bond donors (Lipinski definition) is 2. The monoisotopic (exact) mass is 312 g/mol. The van der Waals surface area contributed by atoms with E-state index >= 15 is 0 Å². The third kappa shape index (κ3) is 4.69. The number of nitrogens with one attached hydrogen (secondary N) is 2. The second-order valence-electron chi connectivity index (χ2n) is 4.55. The summed E-state index contributed by atoms with van der Waals surface area (Å²) in [6.07, 6.45) is 2.10. The maximum Gasteiger partial charge on any atom is 0.239 e. The Balaban J connectivity index is 2.45. The van der Waals surface area contributed by atoms with Gasteiger partial charge in [-0.05, 0) is 47.8 Å². The molecule has 4 heteroatoms. The summed E-state index contributed by atoms with van der Waals surface area (Å²) in [5.74, 6) is 0.0318. The van der Waals surface area contributed by atoms with Crippen LogP contribution >= 0.6 is 15.9 Å². The molecule has 1 atom stereocenters. The Hall–Kier alpha value is -1.03. The third-order valence-corrected chi connectivity index (χ3v) is 3.81. The highest BCUT2D eigenvalue weighted by Gasteiger charge is 2.07. The Labute approximate surface area is 117 Å². The van der Waals surface area contributed by atoms with Crippen LogP contribution in [0.3, 0.4) is 0 Å². The summed E-state index contributed by atoms with van der Waals surface area (Å²) in [5, 5.41) is 6.11. The molecule has 0 aliphatic carbocycles. The molecule has 100 valence electrons. The molecule has 0 aliphatic rings. The number of aryl methyl sites for hydroxylation is 1. The standard InChI is InChI=1S/C14H21BrN2O/c1-4-6-11(3)17-13(18)9-16-12-8-5-7-10(2)14(12)15/h5,7-8,11,16H,4,6,9H2,1-3H3,(H,17,18). The van der Waals surface area contributed by atoms with Gasteiger partial charge in [0.05, 0.1) is 6.54 Å². The van der Waals surface area contributed by atoms with Crippen LogP contribution in [0.2, 0.25) is 0 Å². The van der Waals surface area contributed by atoms with Gasteiger partial charge in [-0.2, -0.15) is 0 Å². The van der Waals surface area contributed by atoms with Crippen LogP contribution in [-0.2, 0) is 4.79 Å². The van der Waals surface area contributed by atoms with E-state index in [1.54, 1.807) is 0 Å². The second kappa shape index (κ2) is 7.41. The van der Waals surface area contributed by atoms with Crippen LogP contribution in [0.25, 0.3) is 0 Å². The van der Waals surface area contributed by atoms with Crippen LogP contribution in [0.15, 0.2) is 22.7 Å². The lowest BCUT2D eigenvalue weighted by atomic mass is 10.2. The third-order valence-electron chi connectivity index (χ3n) is 2.76. The Bertz CT molecular complexity index is 407. The van der Waals surface area contributed by atoms with Crippen LogP contribution in [-0.4, -0.2) is 18.5 Å². The van der Waals surface area contributed by atoms with E-state index in [2.05, 4.69) is 33.5 Å². The molecule has 0 aromatic heterocycles. The maximum absolute atomic E-state index is 11.7. The minimum absolute atomic E-state index is 0.0318. The van der Waals surface area contributed by atoms with Crippen molar-refractivity contribution in [2.75, 3.05) is 11.9 Å². The van der Waals surface area contributed by atoms with Crippen molar-refractivity contribution in [1.29, 1.82) is 0 Å². The van der Waals surface area contributed by atoms with Crippen molar-refractivity contribution in [2.45, 2.75) is 39.7 Å². The Morgan fingerprint density at radius 1 is 1.44 bits per heavy atom. The van der Waals surface area contributed by atoms with E-state index in [0.717, 1.165) is 28.6 Å². The summed E-state index contributed by atoms with van der Waals surface area (Å²) in [6, 6.07) is 6.20. The summed E-state index contributed by atoms with van der Waals surface area (Å²) >= 11 is 3.51. The van der Waals surface area contributed by atoms with Crippen molar-refractivity contribution in [3.05, 3.63) is 28.2 Å². The average Bonchev–Trinajstić information content (AvgIpc) is 2.31. The number of rotatable bonds is 6. The molecule has 1 rings (SSSR count). The molecule has 0 fully saturated rings. The molecule has 0 heterocycles. The summed E-state index contributed by atoms with van der Waals surface area (Å²) < 4.78 is 1.01. The second-order valence-corrected chi connectivity index (χ2v) is 5.34. The molecule has 0 saturated heterocycles. The van der Waals surface area contributed by atoms with E-state index in [1.165, 1.54) is 0 Å². The highest BCUT2D eigenvalue weighted by Crippen LogP contribution is 2.25. The molecule has 0 bridgehead atoms. The van der Waals surface area contributed by atoms with E-state index in [-0.39, 0.29) is 11.9 Å².